The molecule has 1 aromatic heterocycles. The van der Waals surface area contributed by atoms with Gasteiger partial charge in [0.15, 0.2) is 5.60 Å². The van der Waals surface area contributed by atoms with Gasteiger partial charge >= 0.3 is 0 Å². The zero-order valence-corrected chi connectivity index (χ0v) is 24.0. The molecule has 9 heteroatoms. The molecular weight excluding hydrogens is 547 g/mol. The van der Waals surface area contributed by atoms with Crippen molar-refractivity contribution in [3.8, 4) is 17.0 Å². The van der Waals surface area contributed by atoms with Crippen molar-refractivity contribution in [1.82, 2.24) is 20.0 Å². The molecule has 6 rings (SSSR count). The van der Waals surface area contributed by atoms with E-state index in [1.54, 1.807) is 34.1 Å². The third kappa shape index (κ3) is 6.32. The zero-order chi connectivity index (χ0) is 29.6. The van der Waals surface area contributed by atoms with Crippen molar-refractivity contribution in [2.45, 2.75) is 37.8 Å². The van der Waals surface area contributed by atoms with Crippen LogP contribution in [-0.4, -0.2) is 70.3 Å². The highest BCUT2D eigenvalue weighted by molar-refractivity contribution is 5.94. The number of fused-ring (bicyclic) bond motifs is 1. The summed E-state index contributed by atoms with van der Waals surface area (Å²) in [5.41, 5.74) is 1.84. The van der Waals surface area contributed by atoms with Gasteiger partial charge in [0.1, 0.15) is 23.9 Å². The van der Waals surface area contributed by atoms with E-state index in [4.69, 9.17) is 9.47 Å². The number of nitrogens with one attached hydrogen (secondary N) is 1. The Morgan fingerprint density at radius 3 is 2.60 bits per heavy atom. The molecule has 2 aliphatic heterocycles. The lowest BCUT2D eigenvalue weighted by atomic mass is 9.90. The molecule has 0 radical (unpaired) electrons. The van der Waals surface area contributed by atoms with Gasteiger partial charge in [0.2, 0.25) is 0 Å². The van der Waals surface area contributed by atoms with Gasteiger partial charge in [-0.3, -0.25) is 14.7 Å². The summed E-state index contributed by atoms with van der Waals surface area (Å²) in [6.07, 6.45) is 2.89. The largest absolute Gasteiger partial charge is 0.491 e. The van der Waals surface area contributed by atoms with E-state index in [2.05, 4.69) is 16.3 Å². The van der Waals surface area contributed by atoms with Crippen molar-refractivity contribution in [1.29, 1.82) is 0 Å². The number of halogens is 1. The first-order chi connectivity index (χ1) is 21.0. The number of nitrogens with zero attached hydrogens (tertiary/aromatic N) is 3. The summed E-state index contributed by atoms with van der Waals surface area (Å²) in [4.78, 5) is 31.6. The van der Waals surface area contributed by atoms with Crippen molar-refractivity contribution in [2.75, 3.05) is 32.8 Å². The first-order valence-electron chi connectivity index (χ1n) is 14.8. The molecule has 43 heavy (non-hydrogen) atoms. The Labute approximate surface area is 250 Å². The maximum atomic E-state index is 14.5. The van der Waals surface area contributed by atoms with Crippen molar-refractivity contribution in [3.05, 3.63) is 108 Å². The summed E-state index contributed by atoms with van der Waals surface area (Å²) >= 11 is 0. The van der Waals surface area contributed by atoms with Gasteiger partial charge in [-0.05, 0) is 61.1 Å². The van der Waals surface area contributed by atoms with Crippen LogP contribution in [0.3, 0.4) is 0 Å². The number of amides is 2. The predicted octanol–water partition coefficient (Wildman–Crippen LogP) is 5.26. The molecule has 1 saturated heterocycles. The fourth-order valence-corrected chi connectivity index (χ4v) is 5.94. The summed E-state index contributed by atoms with van der Waals surface area (Å²) in [5, 5.41) is 6.97. The van der Waals surface area contributed by atoms with E-state index < -0.39 is 11.4 Å². The summed E-state index contributed by atoms with van der Waals surface area (Å²) in [6.45, 7) is 1.77. The van der Waals surface area contributed by atoms with Crippen LogP contribution in [0.15, 0.2) is 84.9 Å². The van der Waals surface area contributed by atoms with Crippen LogP contribution in [0.5, 0.6) is 5.75 Å². The number of hydrogen-bond donors (Lipinski definition) is 1. The predicted molar refractivity (Wildman–Crippen MR) is 160 cm³/mol. The summed E-state index contributed by atoms with van der Waals surface area (Å²) < 4.78 is 26.9. The highest BCUT2D eigenvalue weighted by Crippen LogP contribution is 2.31. The first kappa shape index (κ1) is 28.6. The molecule has 1 atom stereocenters. The van der Waals surface area contributed by atoms with Crippen LogP contribution in [0.2, 0.25) is 0 Å². The fourth-order valence-electron chi connectivity index (χ4n) is 5.94. The van der Waals surface area contributed by atoms with Crippen LogP contribution in [0.25, 0.3) is 11.3 Å². The van der Waals surface area contributed by atoms with E-state index in [9.17, 15) is 14.0 Å². The summed E-state index contributed by atoms with van der Waals surface area (Å²) in [5.74, 6) is -0.0151. The smallest absolute Gasteiger partial charge is 0.272 e. The number of carbonyl (C=O) groups excluding carboxylic acids is 2. The minimum absolute atomic E-state index is 0.113. The number of ether oxygens (including phenoxy) is 2. The second-order valence-electron chi connectivity index (χ2n) is 11.1. The lowest BCUT2D eigenvalue weighted by Crippen LogP contribution is -2.62. The number of para-hydroxylation sites is 1. The number of aromatic amines is 1. The van der Waals surface area contributed by atoms with Gasteiger partial charge in [0, 0.05) is 18.7 Å². The molecule has 2 aliphatic rings. The molecule has 8 nitrogen and oxygen atoms in total. The Morgan fingerprint density at radius 2 is 1.74 bits per heavy atom. The Balaban J connectivity index is 1.27. The second-order valence-corrected chi connectivity index (χ2v) is 11.1. The Morgan fingerprint density at radius 1 is 0.953 bits per heavy atom. The van der Waals surface area contributed by atoms with Gasteiger partial charge in [-0.1, -0.05) is 60.7 Å². The van der Waals surface area contributed by atoms with Crippen molar-refractivity contribution in [2.24, 2.45) is 0 Å². The average molecular weight is 583 g/mol. The SMILES string of the molecule is O=C(c1cc(-c2ccccc2F)n[nH]1)N1CCOC2(CCCCc3ccccc3OCCN(Cc3ccccc3)C2=O)C1. The van der Waals surface area contributed by atoms with Gasteiger partial charge in [0.05, 0.1) is 25.4 Å². The minimum atomic E-state index is -1.20. The molecule has 4 aromatic rings. The number of carbonyl (C=O) groups is 2. The molecule has 2 amide bonds. The number of hydrogen-bond acceptors (Lipinski definition) is 5. The molecule has 1 N–H and O–H groups in total. The lowest BCUT2D eigenvalue weighted by Gasteiger charge is -2.44. The molecule has 1 fully saturated rings. The van der Waals surface area contributed by atoms with Gasteiger partial charge in [-0.25, -0.2) is 4.39 Å². The molecule has 1 spiro atoms. The van der Waals surface area contributed by atoms with Gasteiger partial charge < -0.3 is 19.3 Å². The minimum Gasteiger partial charge on any atom is -0.491 e. The molecule has 222 valence electrons. The normalized spacial score (nSPS) is 19.7. The number of benzene rings is 3. The Hall–Kier alpha value is -4.50. The Kier molecular flexibility index (Phi) is 8.51. The van der Waals surface area contributed by atoms with Crippen LogP contribution >= 0.6 is 0 Å². The van der Waals surface area contributed by atoms with E-state index in [-0.39, 0.29) is 30.7 Å². The molecule has 1 unspecified atom stereocenters. The number of H-pyrrole nitrogens is 1. The van der Waals surface area contributed by atoms with Crippen LogP contribution in [0.4, 0.5) is 4.39 Å². The molecule has 3 aromatic carbocycles. The average Bonchev–Trinajstić information content (AvgIpc) is 3.53. The Bertz CT molecular complexity index is 1580. The summed E-state index contributed by atoms with van der Waals surface area (Å²) in [6, 6.07) is 25.8. The van der Waals surface area contributed by atoms with E-state index in [0.717, 1.165) is 36.1 Å². The number of aryl methyl sites for hydroxylation is 1. The summed E-state index contributed by atoms with van der Waals surface area (Å²) in [7, 11) is 0. The van der Waals surface area contributed by atoms with E-state index >= 15 is 0 Å². The number of rotatable bonds is 4. The van der Waals surface area contributed by atoms with Crippen LogP contribution < -0.4 is 4.74 Å². The topological polar surface area (TPSA) is 87.8 Å². The second kappa shape index (κ2) is 12.8. The van der Waals surface area contributed by atoms with Gasteiger partial charge in [-0.2, -0.15) is 5.10 Å². The van der Waals surface area contributed by atoms with Gasteiger partial charge in [0.25, 0.3) is 11.8 Å². The molecule has 0 aliphatic carbocycles. The fraction of sp³-hybridized carbons (Fsp3) is 0.324. The number of morpholine rings is 1. The zero-order valence-electron chi connectivity index (χ0n) is 24.0. The molecule has 0 saturated carbocycles. The molecule has 3 heterocycles. The van der Waals surface area contributed by atoms with Crippen LogP contribution in [0, 0.1) is 5.82 Å². The van der Waals surface area contributed by atoms with Crippen LogP contribution in [0.1, 0.15) is 40.9 Å². The highest BCUT2D eigenvalue weighted by Gasteiger charge is 2.47. The first-order valence-corrected chi connectivity index (χ1v) is 14.8. The number of aromatic nitrogens is 2. The maximum absolute atomic E-state index is 14.5. The van der Waals surface area contributed by atoms with Crippen molar-refractivity contribution >= 4 is 11.8 Å². The van der Waals surface area contributed by atoms with Gasteiger partial charge in [-0.15, -0.1) is 0 Å². The lowest BCUT2D eigenvalue weighted by molar-refractivity contribution is -0.171. The van der Waals surface area contributed by atoms with Crippen molar-refractivity contribution in [3.63, 3.8) is 0 Å². The molecular formula is C34H35FN4O4. The third-order valence-corrected chi connectivity index (χ3v) is 8.19. The molecule has 0 bridgehead atoms. The maximum Gasteiger partial charge on any atom is 0.272 e. The quantitative estimate of drug-likeness (QED) is 0.355. The monoisotopic (exact) mass is 582 g/mol. The standard InChI is InChI=1S/C34H35FN4O4/c35-28-15-6-5-14-27(28)29-22-30(37-36-29)32(40)39-19-21-43-34(24-39)17-9-8-13-26-12-4-7-16-31(26)42-20-18-38(33(34)41)23-25-10-2-1-3-11-25/h1-7,10-12,14-16,22H,8-9,13,17-21,23-24H2,(H,36,37). The van der Waals surface area contributed by atoms with E-state index in [1.807, 2.05) is 48.5 Å². The highest BCUT2D eigenvalue weighted by atomic mass is 19.1. The third-order valence-electron chi connectivity index (χ3n) is 8.19. The van der Waals surface area contributed by atoms with Crippen LogP contribution in [-0.2, 0) is 22.5 Å². The van der Waals surface area contributed by atoms with E-state index in [1.165, 1.54) is 6.07 Å². The van der Waals surface area contributed by atoms with E-state index in [0.29, 0.717) is 43.9 Å². The van der Waals surface area contributed by atoms with Crippen molar-refractivity contribution < 1.29 is 23.5 Å².